The summed E-state index contributed by atoms with van der Waals surface area (Å²) < 4.78 is 42.2. The minimum Gasteiger partial charge on any atom is -0.365 e. The molecule has 15 heteroatoms. The van der Waals surface area contributed by atoms with Crippen LogP contribution in [0.15, 0.2) is 41.0 Å². The van der Waals surface area contributed by atoms with Gasteiger partial charge >= 0.3 is 12.0 Å². The smallest absolute Gasteiger partial charge is 0.365 e. The molecule has 0 aliphatic carbocycles. The van der Waals surface area contributed by atoms with Crippen molar-refractivity contribution >= 4 is 60.8 Å². The summed E-state index contributed by atoms with van der Waals surface area (Å²) in [7, 11) is 0. The molecule has 0 saturated carbocycles. The van der Waals surface area contributed by atoms with E-state index in [1.54, 1.807) is 24.3 Å². The molecular formula is C22H16BrF3N6O4S. The molecule has 0 radical (unpaired) electrons. The maximum atomic E-state index is 13.6. The van der Waals surface area contributed by atoms with E-state index in [4.69, 9.17) is 5.73 Å². The lowest BCUT2D eigenvalue weighted by Crippen LogP contribution is -2.18. The van der Waals surface area contributed by atoms with Crippen molar-refractivity contribution in [1.29, 1.82) is 0 Å². The number of primary amides is 1. The van der Waals surface area contributed by atoms with Crippen LogP contribution >= 0.6 is 27.3 Å². The maximum Gasteiger partial charge on any atom is 0.433 e. The van der Waals surface area contributed by atoms with Crippen molar-refractivity contribution in [2.75, 3.05) is 5.32 Å². The zero-order chi connectivity index (χ0) is 27.1. The van der Waals surface area contributed by atoms with E-state index in [-0.39, 0.29) is 43.8 Å². The van der Waals surface area contributed by atoms with Gasteiger partial charge in [0.2, 0.25) is 5.91 Å². The molecule has 0 aliphatic rings. The lowest BCUT2D eigenvalue weighted by Gasteiger charge is -2.12. The Bertz CT molecular complexity index is 1550. The largest absolute Gasteiger partial charge is 0.433 e. The van der Waals surface area contributed by atoms with Crippen molar-refractivity contribution in [1.82, 2.24) is 14.8 Å². The molecule has 4 rings (SSSR count). The number of aryl methyl sites for hydroxylation is 2. The van der Waals surface area contributed by atoms with Gasteiger partial charge in [-0.25, -0.2) is 4.98 Å². The van der Waals surface area contributed by atoms with Crippen molar-refractivity contribution in [2.45, 2.75) is 26.1 Å². The van der Waals surface area contributed by atoms with Crippen LogP contribution in [-0.4, -0.2) is 31.5 Å². The Hall–Kier alpha value is -3.85. The Balaban J connectivity index is 1.76. The summed E-state index contributed by atoms with van der Waals surface area (Å²) in [4.78, 5) is 38.7. The van der Waals surface area contributed by atoms with E-state index in [0.717, 1.165) is 11.6 Å². The van der Waals surface area contributed by atoms with E-state index >= 15 is 0 Å². The van der Waals surface area contributed by atoms with Gasteiger partial charge in [-0.05, 0) is 45.0 Å². The topological polar surface area (TPSA) is 146 Å². The highest BCUT2D eigenvalue weighted by Crippen LogP contribution is 2.43. The molecule has 0 unspecified atom stereocenters. The van der Waals surface area contributed by atoms with Gasteiger partial charge in [-0.2, -0.15) is 17.9 Å². The van der Waals surface area contributed by atoms with Gasteiger partial charge in [-0.1, -0.05) is 29.8 Å². The Morgan fingerprint density at radius 1 is 1.27 bits per heavy atom. The van der Waals surface area contributed by atoms with Crippen LogP contribution in [0.2, 0.25) is 0 Å². The number of halogens is 4. The van der Waals surface area contributed by atoms with Crippen molar-refractivity contribution in [3.8, 4) is 11.1 Å². The highest BCUT2D eigenvalue weighted by Gasteiger charge is 2.35. The lowest BCUT2D eigenvalue weighted by molar-refractivity contribution is -0.390. The minimum atomic E-state index is -4.76. The van der Waals surface area contributed by atoms with E-state index in [1.165, 1.54) is 10.9 Å². The number of pyridine rings is 1. The summed E-state index contributed by atoms with van der Waals surface area (Å²) in [5.41, 5.74) is 5.69. The first-order valence-electron chi connectivity index (χ1n) is 10.4. The average molecular weight is 597 g/mol. The molecule has 192 valence electrons. The molecule has 0 bridgehead atoms. The third-order valence-electron chi connectivity index (χ3n) is 5.24. The van der Waals surface area contributed by atoms with Gasteiger partial charge < -0.3 is 21.2 Å². The van der Waals surface area contributed by atoms with Crippen LogP contribution in [0.5, 0.6) is 0 Å². The molecule has 37 heavy (non-hydrogen) atoms. The van der Waals surface area contributed by atoms with Gasteiger partial charge in [0, 0.05) is 11.8 Å². The van der Waals surface area contributed by atoms with Crippen molar-refractivity contribution in [3.05, 3.63) is 67.3 Å². The fourth-order valence-electron chi connectivity index (χ4n) is 3.54. The van der Waals surface area contributed by atoms with Crippen molar-refractivity contribution in [2.24, 2.45) is 5.73 Å². The Kier molecular flexibility index (Phi) is 7.01. The van der Waals surface area contributed by atoms with Gasteiger partial charge in [0.25, 0.3) is 5.91 Å². The number of alkyl halides is 3. The third-order valence-corrected chi connectivity index (χ3v) is 6.90. The second-order valence-corrected chi connectivity index (χ2v) is 9.74. The lowest BCUT2D eigenvalue weighted by atomic mass is 10.00. The van der Waals surface area contributed by atoms with Gasteiger partial charge in [-0.3, -0.25) is 9.59 Å². The van der Waals surface area contributed by atoms with Crippen molar-refractivity contribution in [3.63, 3.8) is 0 Å². The minimum absolute atomic E-state index is 0.0481. The van der Waals surface area contributed by atoms with E-state index in [1.807, 2.05) is 6.92 Å². The maximum absolute atomic E-state index is 13.6. The molecule has 3 aromatic heterocycles. The average Bonchev–Trinajstić information content (AvgIpc) is 3.37. The van der Waals surface area contributed by atoms with E-state index < -0.39 is 34.4 Å². The van der Waals surface area contributed by atoms with Crippen LogP contribution < -0.4 is 11.1 Å². The normalized spacial score (nSPS) is 11.6. The molecule has 0 saturated heterocycles. The molecular weight excluding hydrogens is 581 g/mol. The zero-order valence-corrected chi connectivity index (χ0v) is 21.2. The summed E-state index contributed by atoms with van der Waals surface area (Å²) in [5, 5.41) is 17.4. The number of amides is 2. The quantitative estimate of drug-likeness (QED) is 0.219. The number of thiophene rings is 1. The van der Waals surface area contributed by atoms with E-state index in [9.17, 15) is 32.9 Å². The summed E-state index contributed by atoms with van der Waals surface area (Å²) in [6.07, 6.45) is -3.64. The van der Waals surface area contributed by atoms with Crippen LogP contribution in [-0.2, 0) is 17.5 Å². The standard InChI is InChI=1S/C22H16BrF3N6O4S/c1-10-2-4-11(5-3-10)12-8-14(22(24,25)26)28-21-16(12)17(18(37-21)19(27)34)29-15(33)6-7-31-9-13(23)20(30-31)32(35)36/h2-5,8-9H,6-7H2,1H3,(H2,27,34)(H,29,33). The summed E-state index contributed by atoms with van der Waals surface area (Å²) >= 11 is 3.66. The van der Waals surface area contributed by atoms with E-state index in [0.29, 0.717) is 16.9 Å². The van der Waals surface area contributed by atoms with Gasteiger partial charge in [0.05, 0.1) is 23.5 Å². The first-order valence-corrected chi connectivity index (χ1v) is 12.0. The summed E-state index contributed by atoms with van der Waals surface area (Å²) in [6, 6.07) is 7.55. The van der Waals surface area contributed by atoms with Crippen LogP contribution in [0.3, 0.4) is 0 Å². The molecule has 10 nitrogen and oxygen atoms in total. The van der Waals surface area contributed by atoms with Crippen LogP contribution in [0, 0.1) is 17.0 Å². The van der Waals surface area contributed by atoms with Crippen LogP contribution in [0.4, 0.5) is 24.7 Å². The number of fused-ring (bicyclic) bond motifs is 1. The zero-order valence-electron chi connectivity index (χ0n) is 18.8. The SMILES string of the molecule is Cc1ccc(-c2cc(C(F)(F)F)nc3sc(C(N)=O)c(NC(=O)CCn4cc(Br)c([N+](=O)[O-])n4)c23)cc1. The molecule has 1 aromatic carbocycles. The Morgan fingerprint density at radius 2 is 1.95 bits per heavy atom. The second kappa shape index (κ2) is 9.89. The van der Waals surface area contributed by atoms with Crippen molar-refractivity contribution < 1.29 is 27.7 Å². The van der Waals surface area contributed by atoms with E-state index in [2.05, 4.69) is 31.3 Å². The molecule has 4 aromatic rings. The molecule has 0 fully saturated rings. The molecule has 0 atom stereocenters. The highest BCUT2D eigenvalue weighted by atomic mass is 79.9. The first kappa shape index (κ1) is 26.2. The predicted octanol–water partition coefficient (Wildman–Crippen LogP) is 5.29. The predicted molar refractivity (Wildman–Crippen MR) is 133 cm³/mol. The number of nitro groups is 1. The fourth-order valence-corrected chi connectivity index (χ4v) is 5.01. The number of benzene rings is 1. The second-order valence-electron chi connectivity index (χ2n) is 7.89. The summed E-state index contributed by atoms with van der Waals surface area (Å²) in [5.74, 6) is -1.99. The summed E-state index contributed by atoms with van der Waals surface area (Å²) in [6.45, 7) is 1.77. The molecule has 0 spiro atoms. The first-order chi connectivity index (χ1) is 17.3. The van der Waals surface area contributed by atoms with Gasteiger partial charge in [-0.15, -0.1) is 11.3 Å². The number of aromatic nitrogens is 3. The fraction of sp³-hybridized carbons (Fsp3) is 0.182. The van der Waals surface area contributed by atoms with Crippen LogP contribution in [0.25, 0.3) is 21.3 Å². The van der Waals surface area contributed by atoms with Gasteiger partial charge in [0.15, 0.2) is 0 Å². The molecule has 3 N–H and O–H groups in total. The number of nitrogens with one attached hydrogen (secondary N) is 1. The number of rotatable bonds is 7. The third kappa shape index (κ3) is 5.46. The highest BCUT2D eigenvalue weighted by molar-refractivity contribution is 9.10. The number of hydrogen-bond donors (Lipinski definition) is 2. The number of nitrogens with two attached hydrogens (primary N) is 1. The monoisotopic (exact) mass is 596 g/mol. The number of hydrogen-bond acceptors (Lipinski definition) is 7. The van der Waals surface area contributed by atoms with Gasteiger partial charge in [0.1, 0.15) is 19.9 Å². The molecule has 2 amide bonds. The molecule has 3 heterocycles. The Morgan fingerprint density at radius 3 is 2.51 bits per heavy atom. The number of carbonyl (C=O) groups excluding carboxylic acids is 2. The van der Waals surface area contributed by atoms with Crippen LogP contribution in [0.1, 0.15) is 27.3 Å². The number of anilines is 1. The Labute approximate surface area is 218 Å². The number of nitrogens with zero attached hydrogens (tertiary/aromatic N) is 4. The number of carbonyl (C=O) groups is 2. The molecule has 0 aliphatic heterocycles.